The number of hydrogen-bond acceptors (Lipinski definition) is 5. The smallest absolute Gasteiger partial charge is 0.323 e. The minimum atomic E-state index is -0.162. The van der Waals surface area contributed by atoms with Crippen molar-refractivity contribution >= 4 is 5.97 Å². The Hall–Kier alpha value is -2.21. The summed E-state index contributed by atoms with van der Waals surface area (Å²) < 4.78 is 5.20. The van der Waals surface area contributed by atoms with Crippen LogP contribution in [0.15, 0.2) is 36.5 Å². The van der Waals surface area contributed by atoms with Gasteiger partial charge in [0.05, 0.1) is 24.2 Å². The molecule has 0 N–H and O–H groups in total. The molecular weight excluding hydrogens is 292 g/mol. The van der Waals surface area contributed by atoms with Crippen molar-refractivity contribution in [2.45, 2.75) is 38.8 Å². The first kappa shape index (κ1) is 15.7. The molecule has 0 amide bonds. The van der Waals surface area contributed by atoms with E-state index in [4.69, 9.17) is 4.74 Å². The molecule has 0 radical (unpaired) electrons. The highest BCUT2D eigenvalue weighted by molar-refractivity contribution is 5.75. The Bertz CT molecular complexity index is 641. The van der Waals surface area contributed by atoms with Crippen LogP contribution in [0, 0.1) is 0 Å². The van der Waals surface area contributed by atoms with Crippen molar-refractivity contribution in [3.05, 3.63) is 42.2 Å². The van der Waals surface area contributed by atoms with E-state index in [1.54, 1.807) is 11.0 Å². The highest BCUT2D eigenvalue weighted by Crippen LogP contribution is 2.20. The fraction of sp³-hybridized carbons (Fsp3) is 0.471. The van der Waals surface area contributed by atoms with Crippen molar-refractivity contribution in [3.63, 3.8) is 0 Å². The number of carbonyl (C=O) groups excluding carboxylic acids is 1. The summed E-state index contributed by atoms with van der Waals surface area (Å²) >= 11 is 0. The number of benzene rings is 1. The van der Waals surface area contributed by atoms with Crippen molar-refractivity contribution < 1.29 is 9.53 Å². The van der Waals surface area contributed by atoms with Gasteiger partial charge in [0, 0.05) is 6.54 Å². The molecule has 1 aliphatic heterocycles. The third-order valence-electron chi connectivity index (χ3n) is 4.06. The summed E-state index contributed by atoms with van der Waals surface area (Å²) in [5.74, 6) is -0.123. The van der Waals surface area contributed by atoms with Crippen molar-refractivity contribution in [2.24, 2.45) is 0 Å². The number of rotatable bonds is 5. The minimum Gasteiger partial charge on any atom is -0.465 e. The number of nitrogens with zero attached hydrogens (tertiary/aromatic N) is 4. The van der Waals surface area contributed by atoms with Gasteiger partial charge in [0.1, 0.15) is 6.04 Å². The molecule has 1 unspecified atom stereocenters. The zero-order chi connectivity index (χ0) is 16.1. The van der Waals surface area contributed by atoms with Gasteiger partial charge in [-0.2, -0.15) is 15.0 Å². The molecule has 2 heterocycles. The molecule has 6 heteroatoms. The van der Waals surface area contributed by atoms with E-state index in [2.05, 4.69) is 15.1 Å². The largest absolute Gasteiger partial charge is 0.465 e. The summed E-state index contributed by atoms with van der Waals surface area (Å²) in [6.07, 6.45) is 4.79. The van der Waals surface area contributed by atoms with Crippen LogP contribution in [-0.4, -0.2) is 45.1 Å². The van der Waals surface area contributed by atoms with E-state index in [0.29, 0.717) is 13.2 Å². The van der Waals surface area contributed by atoms with Crippen LogP contribution in [0.25, 0.3) is 5.69 Å². The van der Waals surface area contributed by atoms with Gasteiger partial charge in [-0.15, -0.1) is 0 Å². The van der Waals surface area contributed by atoms with Gasteiger partial charge >= 0.3 is 5.97 Å². The van der Waals surface area contributed by atoms with Crippen LogP contribution in [0.1, 0.15) is 31.9 Å². The third kappa shape index (κ3) is 3.76. The molecule has 1 fully saturated rings. The Morgan fingerprint density at radius 3 is 2.91 bits per heavy atom. The van der Waals surface area contributed by atoms with Crippen molar-refractivity contribution in [1.29, 1.82) is 0 Å². The summed E-state index contributed by atoms with van der Waals surface area (Å²) in [5.41, 5.74) is 1.80. The Labute approximate surface area is 136 Å². The Balaban J connectivity index is 1.70. The molecule has 1 atom stereocenters. The van der Waals surface area contributed by atoms with Crippen LogP contribution in [0.3, 0.4) is 0 Å². The molecule has 0 saturated carbocycles. The van der Waals surface area contributed by atoms with Gasteiger partial charge in [0.15, 0.2) is 0 Å². The monoisotopic (exact) mass is 314 g/mol. The van der Waals surface area contributed by atoms with Crippen LogP contribution >= 0.6 is 0 Å². The summed E-state index contributed by atoms with van der Waals surface area (Å²) in [6, 6.07) is 9.65. The van der Waals surface area contributed by atoms with Crippen LogP contribution in [0.4, 0.5) is 0 Å². The first-order valence-corrected chi connectivity index (χ1v) is 8.15. The number of para-hydroxylation sites is 1. The van der Waals surface area contributed by atoms with Gasteiger partial charge in [-0.3, -0.25) is 9.69 Å². The lowest BCUT2D eigenvalue weighted by Gasteiger charge is -2.33. The first-order valence-electron chi connectivity index (χ1n) is 8.15. The average Bonchev–Trinajstić information content (AvgIpc) is 3.05. The molecule has 0 spiro atoms. The second-order valence-electron chi connectivity index (χ2n) is 5.70. The summed E-state index contributed by atoms with van der Waals surface area (Å²) in [5, 5.41) is 8.85. The fourth-order valence-corrected chi connectivity index (χ4v) is 2.95. The molecule has 0 aliphatic carbocycles. The lowest BCUT2D eigenvalue weighted by atomic mass is 10.0. The van der Waals surface area contributed by atoms with E-state index < -0.39 is 0 Å². The molecule has 0 bridgehead atoms. The molecule has 2 aromatic rings. The van der Waals surface area contributed by atoms with E-state index in [1.807, 2.05) is 37.3 Å². The first-order chi connectivity index (χ1) is 11.3. The van der Waals surface area contributed by atoms with Crippen LogP contribution in [0.2, 0.25) is 0 Å². The fourth-order valence-electron chi connectivity index (χ4n) is 2.95. The van der Waals surface area contributed by atoms with E-state index in [9.17, 15) is 4.79 Å². The number of ether oxygens (including phenoxy) is 1. The molecule has 1 aromatic carbocycles. The van der Waals surface area contributed by atoms with Gasteiger partial charge < -0.3 is 4.74 Å². The maximum atomic E-state index is 12.1. The standard InChI is InChI=1S/C17H22N4O2/c1-2-23-17(22)16-10-6-7-11-20(16)13-14-12-18-21(19-14)15-8-4-3-5-9-15/h3-5,8-9,12,16H,2,6-7,10-11,13H2,1H3. The summed E-state index contributed by atoms with van der Waals surface area (Å²) in [6.45, 7) is 3.78. The molecule has 23 heavy (non-hydrogen) atoms. The molecule has 1 aromatic heterocycles. The lowest BCUT2D eigenvalue weighted by Crippen LogP contribution is -2.45. The number of hydrogen-bond donors (Lipinski definition) is 0. The zero-order valence-electron chi connectivity index (χ0n) is 13.4. The van der Waals surface area contributed by atoms with E-state index in [1.165, 1.54) is 0 Å². The second kappa shape index (κ2) is 7.37. The third-order valence-corrected chi connectivity index (χ3v) is 4.06. The van der Waals surface area contributed by atoms with Crippen LogP contribution in [0.5, 0.6) is 0 Å². The van der Waals surface area contributed by atoms with Gasteiger partial charge in [0.2, 0.25) is 0 Å². The number of carbonyl (C=O) groups is 1. The van der Waals surface area contributed by atoms with Crippen LogP contribution < -0.4 is 0 Å². The Morgan fingerprint density at radius 1 is 1.30 bits per heavy atom. The predicted molar refractivity (Wildman–Crippen MR) is 86.0 cm³/mol. The highest BCUT2D eigenvalue weighted by Gasteiger charge is 2.30. The average molecular weight is 314 g/mol. The SMILES string of the molecule is CCOC(=O)C1CCCCN1Cc1cnn(-c2ccccc2)n1. The molecule has 1 saturated heterocycles. The topological polar surface area (TPSA) is 60.2 Å². The molecular formula is C17H22N4O2. The molecule has 1 aliphatic rings. The van der Waals surface area contributed by atoms with Crippen LogP contribution in [-0.2, 0) is 16.1 Å². The number of piperidine rings is 1. The minimum absolute atomic E-state index is 0.123. The maximum Gasteiger partial charge on any atom is 0.323 e. The second-order valence-corrected chi connectivity index (χ2v) is 5.70. The molecule has 3 rings (SSSR count). The van der Waals surface area contributed by atoms with Gasteiger partial charge in [-0.1, -0.05) is 24.6 Å². The lowest BCUT2D eigenvalue weighted by molar-refractivity contribution is -0.151. The van der Waals surface area contributed by atoms with Crippen molar-refractivity contribution in [1.82, 2.24) is 19.9 Å². The maximum absolute atomic E-state index is 12.1. The quantitative estimate of drug-likeness (QED) is 0.792. The van der Waals surface area contributed by atoms with E-state index >= 15 is 0 Å². The summed E-state index contributed by atoms with van der Waals surface area (Å²) in [4.78, 5) is 15.9. The zero-order valence-corrected chi connectivity index (χ0v) is 13.4. The van der Waals surface area contributed by atoms with Crippen molar-refractivity contribution in [2.75, 3.05) is 13.2 Å². The highest BCUT2D eigenvalue weighted by atomic mass is 16.5. The Kier molecular flexibility index (Phi) is 5.02. The number of aromatic nitrogens is 3. The number of esters is 1. The normalized spacial score (nSPS) is 18.7. The van der Waals surface area contributed by atoms with E-state index in [0.717, 1.165) is 37.2 Å². The predicted octanol–water partition coefficient (Wildman–Crippen LogP) is 2.18. The van der Waals surface area contributed by atoms with E-state index in [-0.39, 0.29) is 12.0 Å². The molecule has 6 nitrogen and oxygen atoms in total. The molecule has 122 valence electrons. The van der Waals surface area contributed by atoms with Gasteiger partial charge in [-0.05, 0) is 38.4 Å². The summed E-state index contributed by atoms with van der Waals surface area (Å²) in [7, 11) is 0. The van der Waals surface area contributed by atoms with Gasteiger partial charge in [-0.25, -0.2) is 0 Å². The Morgan fingerprint density at radius 2 is 2.13 bits per heavy atom. The van der Waals surface area contributed by atoms with Crippen molar-refractivity contribution in [3.8, 4) is 5.69 Å². The number of likely N-dealkylation sites (tertiary alicyclic amines) is 1. The van der Waals surface area contributed by atoms with Gasteiger partial charge in [0.25, 0.3) is 0 Å².